The SMILES string of the molecule is C/C=C\C=C(\c1ccccc1-c1ccc2c(c1)c1cc(-c3ccc4c(c3)c3cc(C)ccc3n4-c3ccccc3)ccc1n2-c1ccccc1)C(CN)CCCC. The molecule has 9 rings (SSSR count). The number of unbranched alkanes of at least 4 members (excludes halogenated alkanes) is 1. The molecule has 0 aliphatic carbocycles. The minimum absolute atomic E-state index is 0.288. The zero-order chi connectivity index (χ0) is 38.9. The van der Waals surface area contributed by atoms with E-state index in [0.29, 0.717) is 6.54 Å². The highest BCUT2D eigenvalue weighted by Gasteiger charge is 2.20. The summed E-state index contributed by atoms with van der Waals surface area (Å²) in [7, 11) is 0. The van der Waals surface area contributed by atoms with Crippen LogP contribution < -0.4 is 5.73 Å². The van der Waals surface area contributed by atoms with Gasteiger partial charge in [0.25, 0.3) is 0 Å². The molecule has 1 atom stereocenters. The van der Waals surface area contributed by atoms with Gasteiger partial charge in [-0.2, -0.15) is 0 Å². The quantitative estimate of drug-likeness (QED) is 0.132. The fourth-order valence-corrected chi connectivity index (χ4v) is 8.88. The van der Waals surface area contributed by atoms with Crippen LogP contribution in [0.4, 0.5) is 0 Å². The van der Waals surface area contributed by atoms with Crippen LogP contribution in [0.15, 0.2) is 176 Å². The molecule has 7 aromatic carbocycles. The molecule has 3 heteroatoms. The Morgan fingerprint density at radius 3 is 1.61 bits per heavy atom. The summed E-state index contributed by atoms with van der Waals surface area (Å²) in [5.41, 5.74) is 22.3. The predicted octanol–water partition coefficient (Wildman–Crippen LogP) is 14.2. The zero-order valence-corrected chi connectivity index (χ0v) is 33.1. The summed E-state index contributed by atoms with van der Waals surface area (Å²) in [6, 6.07) is 58.1. The van der Waals surface area contributed by atoms with Gasteiger partial charge in [0.15, 0.2) is 0 Å². The number of nitrogens with zero attached hydrogens (tertiary/aromatic N) is 2. The molecule has 280 valence electrons. The van der Waals surface area contributed by atoms with Crippen LogP contribution >= 0.6 is 0 Å². The summed E-state index contributed by atoms with van der Waals surface area (Å²) >= 11 is 0. The van der Waals surface area contributed by atoms with Gasteiger partial charge in [-0.15, -0.1) is 0 Å². The average Bonchev–Trinajstić information content (AvgIpc) is 3.76. The zero-order valence-electron chi connectivity index (χ0n) is 33.1. The number of aromatic nitrogens is 2. The minimum atomic E-state index is 0.288. The van der Waals surface area contributed by atoms with Gasteiger partial charge in [0.05, 0.1) is 22.1 Å². The van der Waals surface area contributed by atoms with Gasteiger partial charge in [-0.3, -0.25) is 0 Å². The molecule has 0 fully saturated rings. The van der Waals surface area contributed by atoms with Crippen LogP contribution in [0.3, 0.4) is 0 Å². The Hall–Kier alpha value is -6.42. The first-order valence-electron chi connectivity index (χ1n) is 20.4. The lowest BCUT2D eigenvalue weighted by Crippen LogP contribution is -2.16. The second kappa shape index (κ2) is 15.6. The highest BCUT2D eigenvalue weighted by Crippen LogP contribution is 2.41. The molecule has 2 N–H and O–H groups in total. The van der Waals surface area contributed by atoms with Gasteiger partial charge < -0.3 is 14.9 Å². The van der Waals surface area contributed by atoms with Crippen molar-refractivity contribution in [2.75, 3.05) is 6.54 Å². The van der Waals surface area contributed by atoms with Crippen molar-refractivity contribution in [2.45, 2.75) is 40.0 Å². The van der Waals surface area contributed by atoms with Gasteiger partial charge in [0.2, 0.25) is 0 Å². The third-order valence-corrected chi connectivity index (χ3v) is 11.7. The molecule has 0 bridgehead atoms. The molecule has 0 spiro atoms. The first-order valence-corrected chi connectivity index (χ1v) is 20.4. The van der Waals surface area contributed by atoms with Crippen LogP contribution in [0.25, 0.3) is 82.8 Å². The van der Waals surface area contributed by atoms with E-state index in [2.05, 4.69) is 206 Å². The van der Waals surface area contributed by atoms with Gasteiger partial charge in [-0.1, -0.05) is 128 Å². The number of allylic oxidation sites excluding steroid dienone is 3. The van der Waals surface area contributed by atoms with Crippen LogP contribution in [-0.2, 0) is 0 Å². The molecule has 0 aliphatic rings. The smallest absolute Gasteiger partial charge is 0.0541 e. The lowest BCUT2D eigenvalue weighted by Gasteiger charge is -2.22. The molecule has 0 saturated heterocycles. The molecule has 2 aromatic heterocycles. The van der Waals surface area contributed by atoms with E-state index in [9.17, 15) is 0 Å². The summed E-state index contributed by atoms with van der Waals surface area (Å²) in [6.07, 6.45) is 9.95. The van der Waals surface area contributed by atoms with Crippen molar-refractivity contribution in [2.24, 2.45) is 11.7 Å². The Kier molecular flexibility index (Phi) is 9.92. The van der Waals surface area contributed by atoms with Gasteiger partial charge in [0, 0.05) is 32.9 Å². The number of nitrogens with two attached hydrogens (primary N) is 1. The highest BCUT2D eigenvalue weighted by molar-refractivity contribution is 6.13. The molecular formula is C54H49N3. The van der Waals surface area contributed by atoms with Crippen molar-refractivity contribution in [3.05, 3.63) is 187 Å². The van der Waals surface area contributed by atoms with Crippen LogP contribution in [0.2, 0.25) is 0 Å². The van der Waals surface area contributed by atoms with Gasteiger partial charge in [0.1, 0.15) is 0 Å². The standard InChI is InChI=1S/C54H49N3/c1-4-6-16-41(36-55)45(21-7-5-2)46-23-15-14-22-44(46)40-27-31-54-50(35-40)49-34-39(26-30-53(49)57(54)43-19-12-9-13-20-43)38-25-29-52-48(33-38)47-32-37(3)24-28-51(47)56(52)42-17-10-8-11-18-42/h5,7-15,17-35,41H,4,6,16,36,55H2,1-3H3/b7-5-,45-21+. The van der Waals surface area contributed by atoms with E-state index < -0.39 is 0 Å². The number of benzene rings is 7. The van der Waals surface area contributed by atoms with E-state index in [1.54, 1.807) is 0 Å². The molecule has 1 unspecified atom stereocenters. The Balaban J connectivity index is 1.24. The minimum Gasteiger partial charge on any atom is -0.330 e. The molecule has 0 amide bonds. The van der Waals surface area contributed by atoms with Crippen LogP contribution in [-0.4, -0.2) is 15.7 Å². The number of para-hydroxylation sites is 2. The maximum absolute atomic E-state index is 6.49. The van der Waals surface area contributed by atoms with E-state index in [0.717, 1.165) is 24.9 Å². The van der Waals surface area contributed by atoms with Crippen molar-refractivity contribution in [1.82, 2.24) is 9.13 Å². The van der Waals surface area contributed by atoms with Crippen molar-refractivity contribution in [3.63, 3.8) is 0 Å². The van der Waals surface area contributed by atoms with Crippen LogP contribution in [0.1, 0.15) is 44.2 Å². The summed E-state index contributed by atoms with van der Waals surface area (Å²) in [4.78, 5) is 0. The summed E-state index contributed by atoms with van der Waals surface area (Å²) < 4.78 is 4.80. The van der Waals surface area contributed by atoms with E-state index in [1.807, 2.05) is 0 Å². The summed E-state index contributed by atoms with van der Waals surface area (Å²) in [6.45, 7) is 7.14. The maximum atomic E-state index is 6.49. The van der Waals surface area contributed by atoms with Gasteiger partial charge in [-0.05, 0) is 139 Å². The molecular weight excluding hydrogens is 691 g/mol. The fourth-order valence-electron chi connectivity index (χ4n) is 8.88. The molecule has 2 heterocycles. The number of fused-ring (bicyclic) bond motifs is 6. The monoisotopic (exact) mass is 739 g/mol. The Morgan fingerprint density at radius 2 is 1.07 bits per heavy atom. The highest BCUT2D eigenvalue weighted by atomic mass is 15.0. The first kappa shape index (κ1) is 36.2. The normalized spacial score (nSPS) is 12.8. The topological polar surface area (TPSA) is 35.9 Å². The van der Waals surface area contributed by atoms with Gasteiger partial charge in [-0.25, -0.2) is 0 Å². The van der Waals surface area contributed by atoms with E-state index in [-0.39, 0.29) is 5.92 Å². The van der Waals surface area contributed by atoms with E-state index in [1.165, 1.54) is 88.3 Å². The van der Waals surface area contributed by atoms with Crippen molar-refractivity contribution < 1.29 is 0 Å². The average molecular weight is 740 g/mol. The van der Waals surface area contributed by atoms with Crippen molar-refractivity contribution >= 4 is 49.2 Å². The third-order valence-electron chi connectivity index (χ3n) is 11.7. The van der Waals surface area contributed by atoms with Gasteiger partial charge >= 0.3 is 0 Å². The van der Waals surface area contributed by atoms with E-state index in [4.69, 9.17) is 5.73 Å². The largest absolute Gasteiger partial charge is 0.330 e. The Bertz CT molecular complexity index is 2940. The van der Waals surface area contributed by atoms with Crippen molar-refractivity contribution in [1.29, 1.82) is 0 Å². The number of hydrogen-bond acceptors (Lipinski definition) is 1. The predicted molar refractivity (Wildman–Crippen MR) is 246 cm³/mol. The molecule has 0 saturated carbocycles. The lowest BCUT2D eigenvalue weighted by atomic mass is 9.84. The number of rotatable bonds is 11. The maximum Gasteiger partial charge on any atom is 0.0541 e. The fraction of sp³-hybridized carbons (Fsp3) is 0.148. The van der Waals surface area contributed by atoms with Crippen LogP contribution in [0.5, 0.6) is 0 Å². The lowest BCUT2D eigenvalue weighted by molar-refractivity contribution is 0.577. The van der Waals surface area contributed by atoms with Crippen LogP contribution in [0, 0.1) is 12.8 Å². The van der Waals surface area contributed by atoms with Crippen molar-refractivity contribution in [3.8, 4) is 33.6 Å². The second-order valence-electron chi connectivity index (χ2n) is 15.3. The second-order valence-corrected chi connectivity index (χ2v) is 15.3. The molecule has 57 heavy (non-hydrogen) atoms. The summed E-state index contributed by atoms with van der Waals surface area (Å²) in [5, 5.41) is 5.01. The Morgan fingerprint density at radius 1 is 0.579 bits per heavy atom. The molecule has 0 radical (unpaired) electrons. The third kappa shape index (κ3) is 6.58. The molecule has 9 aromatic rings. The molecule has 0 aliphatic heterocycles. The summed E-state index contributed by atoms with van der Waals surface area (Å²) in [5.74, 6) is 0.288. The first-order chi connectivity index (χ1) is 28.1. The number of aryl methyl sites for hydroxylation is 1. The van der Waals surface area contributed by atoms with E-state index >= 15 is 0 Å². The Labute approximate surface area is 336 Å². The number of hydrogen-bond donors (Lipinski definition) is 1. The molecule has 3 nitrogen and oxygen atoms in total.